The highest BCUT2D eigenvalue weighted by Crippen LogP contribution is 2.25. The van der Waals surface area contributed by atoms with Crippen LogP contribution in [0.4, 0.5) is 0 Å². The molecule has 4 heteroatoms. The van der Waals surface area contributed by atoms with Gasteiger partial charge in [-0.2, -0.15) is 0 Å². The Morgan fingerprint density at radius 2 is 1.88 bits per heavy atom. The Kier molecular flexibility index (Phi) is 4.77. The number of aliphatic hydroxyl groups is 1. The summed E-state index contributed by atoms with van der Waals surface area (Å²) >= 11 is 0. The highest BCUT2D eigenvalue weighted by atomic mass is 16.3. The second kappa shape index (κ2) is 7.15. The number of aryl methyl sites for hydroxylation is 1. The molecular formula is C20H20N2O2. The second-order valence-electron chi connectivity index (χ2n) is 5.72. The molecule has 1 aromatic heterocycles. The van der Waals surface area contributed by atoms with Gasteiger partial charge in [0.2, 0.25) is 5.91 Å². The van der Waals surface area contributed by atoms with Crippen molar-refractivity contribution in [3.63, 3.8) is 0 Å². The smallest absolute Gasteiger partial charge is 0.244 e. The Morgan fingerprint density at radius 3 is 2.67 bits per heavy atom. The molecule has 3 aromatic rings. The molecule has 3 rings (SSSR count). The van der Waals surface area contributed by atoms with Crippen LogP contribution in [0.25, 0.3) is 17.0 Å². The number of benzene rings is 2. The average molecular weight is 320 g/mol. The Bertz CT molecular complexity index is 866. The van der Waals surface area contributed by atoms with Crippen molar-refractivity contribution in [3.05, 3.63) is 78.0 Å². The van der Waals surface area contributed by atoms with Crippen molar-refractivity contribution in [1.82, 2.24) is 9.88 Å². The maximum absolute atomic E-state index is 11.9. The lowest BCUT2D eigenvalue weighted by Crippen LogP contribution is -2.26. The summed E-state index contributed by atoms with van der Waals surface area (Å²) in [5.74, 6) is -0.224. The molecule has 24 heavy (non-hydrogen) atoms. The second-order valence-corrected chi connectivity index (χ2v) is 5.72. The van der Waals surface area contributed by atoms with Crippen LogP contribution in [-0.2, 0) is 11.8 Å². The normalized spacial score (nSPS) is 12.6. The van der Waals surface area contributed by atoms with E-state index in [2.05, 4.69) is 5.32 Å². The third-order valence-corrected chi connectivity index (χ3v) is 3.98. The van der Waals surface area contributed by atoms with Crippen LogP contribution in [-0.4, -0.2) is 22.1 Å². The number of aliphatic hydroxyl groups excluding tert-OH is 1. The first-order valence-electron chi connectivity index (χ1n) is 7.88. The molecule has 0 aliphatic heterocycles. The molecule has 1 atom stereocenters. The highest BCUT2D eigenvalue weighted by Gasteiger charge is 2.14. The summed E-state index contributed by atoms with van der Waals surface area (Å²) in [6.07, 6.45) is 4.39. The van der Waals surface area contributed by atoms with Gasteiger partial charge >= 0.3 is 0 Å². The number of hydrogen-bond donors (Lipinski definition) is 2. The van der Waals surface area contributed by atoms with Crippen LogP contribution in [0.5, 0.6) is 0 Å². The topological polar surface area (TPSA) is 54.3 Å². The minimum atomic E-state index is -0.745. The summed E-state index contributed by atoms with van der Waals surface area (Å²) in [5, 5.41) is 14.2. The first-order chi connectivity index (χ1) is 11.6. The third-order valence-electron chi connectivity index (χ3n) is 3.98. The van der Waals surface area contributed by atoms with Crippen molar-refractivity contribution >= 4 is 22.9 Å². The molecule has 1 unspecified atom stereocenters. The van der Waals surface area contributed by atoms with Crippen LogP contribution < -0.4 is 5.32 Å². The lowest BCUT2D eigenvalue weighted by molar-refractivity contribution is -0.116. The number of para-hydroxylation sites is 1. The third kappa shape index (κ3) is 3.55. The van der Waals surface area contributed by atoms with E-state index in [0.717, 1.165) is 22.0 Å². The van der Waals surface area contributed by atoms with E-state index in [-0.39, 0.29) is 12.5 Å². The van der Waals surface area contributed by atoms with Gasteiger partial charge in [0.1, 0.15) is 0 Å². The number of nitrogens with one attached hydrogen (secondary N) is 1. The van der Waals surface area contributed by atoms with E-state index in [1.54, 1.807) is 6.08 Å². The minimum absolute atomic E-state index is 0.173. The van der Waals surface area contributed by atoms with Crippen LogP contribution in [0.15, 0.2) is 66.9 Å². The number of rotatable bonds is 5. The van der Waals surface area contributed by atoms with E-state index < -0.39 is 6.10 Å². The van der Waals surface area contributed by atoms with Gasteiger partial charge in [-0.25, -0.2) is 0 Å². The van der Waals surface area contributed by atoms with Crippen molar-refractivity contribution < 1.29 is 9.90 Å². The van der Waals surface area contributed by atoms with E-state index in [0.29, 0.717) is 0 Å². The molecule has 122 valence electrons. The number of carbonyl (C=O) groups is 1. The zero-order chi connectivity index (χ0) is 16.9. The fourth-order valence-corrected chi connectivity index (χ4v) is 2.74. The Morgan fingerprint density at radius 1 is 1.17 bits per heavy atom. The summed E-state index contributed by atoms with van der Waals surface area (Å²) in [5.41, 5.74) is 2.84. The molecule has 0 bridgehead atoms. The maximum atomic E-state index is 11.9. The van der Waals surface area contributed by atoms with E-state index in [4.69, 9.17) is 0 Å². The van der Waals surface area contributed by atoms with E-state index in [9.17, 15) is 9.90 Å². The molecule has 0 spiro atoms. The van der Waals surface area contributed by atoms with Gasteiger partial charge in [-0.05, 0) is 17.7 Å². The quantitative estimate of drug-likeness (QED) is 0.710. The SMILES string of the molecule is Cn1cc(C(O)CNC(=O)/C=C/c2ccccc2)c2ccccc21. The van der Waals surface area contributed by atoms with Crippen LogP contribution in [0.3, 0.4) is 0 Å². The van der Waals surface area contributed by atoms with Crippen molar-refractivity contribution in [2.45, 2.75) is 6.10 Å². The Hall–Kier alpha value is -2.85. The summed E-state index contributed by atoms with van der Waals surface area (Å²) < 4.78 is 1.98. The molecule has 2 N–H and O–H groups in total. The van der Waals surface area contributed by atoms with Gasteiger partial charge in [0.25, 0.3) is 0 Å². The zero-order valence-electron chi connectivity index (χ0n) is 13.5. The van der Waals surface area contributed by atoms with Gasteiger partial charge in [-0.1, -0.05) is 48.5 Å². The van der Waals surface area contributed by atoms with Crippen molar-refractivity contribution in [3.8, 4) is 0 Å². The van der Waals surface area contributed by atoms with Crippen LogP contribution in [0.2, 0.25) is 0 Å². The van der Waals surface area contributed by atoms with Crippen LogP contribution in [0.1, 0.15) is 17.2 Å². The molecule has 2 aromatic carbocycles. The molecule has 4 nitrogen and oxygen atoms in total. The number of aromatic nitrogens is 1. The van der Waals surface area contributed by atoms with Gasteiger partial charge in [-0.15, -0.1) is 0 Å². The molecule has 0 radical (unpaired) electrons. The highest BCUT2D eigenvalue weighted by molar-refractivity contribution is 5.91. The number of hydrogen-bond acceptors (Lipinski definition) is 2. The molecule has 0 fully saturated rings. The molecule has 0 saturated carbocycles. The summed E-state index contributed by atoms with van der Waals surface area (Å²) in [4.78, 5) is 11.9. The molecule has 1 amide bonds. The predicted octanol–water partition coefficient (Wildman–Crippen LogP) is 3.04. The van der Waals surface area contributed by atoms with Crippen molar-refractivity contribution in [2.75, 3.05) is 6.54 Å². The Labute approximate surface area is 141 Å². The van der Waals surface area contributed by atoms with Gasteiger partial charge in [0.15, 0.2) is 0 Å². The summed E-state index contributed by atoms with van der Waals surface area (Å²) in [6, 6.07) is 17.5. The number of fused-ring (bicyclic) bond motifs is 1. The zero-order valence-corrected chi connectivity index (χ0v) is 13.5. The number of carbonyl (C=O) groups excluding carboxylic acids is 1. The van der Waals surface area contributed by atoms with Gasteiger partial charge in [0.05, 0.1) is 6.10 Å². The molecule has 0 saturated heterocycles. The summed E-state index contributed by atoms with van der Waals surface area (Å²) in [6.45, 7) is 0.173. The largest absolute Gasteiger partial charge is 0.386 e. The van der Waals surface area contributed by atoms with Crippen molar-refractivity contribution in [2.24, 2.45) is 7.05 Å². The predicted molar refractivity (Wildman–Crippen MR) is 96.4 cm³/mol. The lowest BCUT2D eigenvalue weighted by Gasteiger charge is -2.10. The van der Waals surface area contributed by atoms with E-state index in [1.807, 2.05) is 72.4 Å². The van der Waals surface area contributed by atoms with Crippen LogP contribution >= 0.6 is 0 Å². The lowest BCUT2D eigenvalue weighted by atomic mass is 10.1. The Balaban J connectivity index is 1.63. The fraction of sp³-hybridized carbons (Fsp3) is 0.150. The van der Waals surface area contributed by atoms with Crippen LogP contribution in [0, 0.1) is 0 Å². The molecular weight excluding hydrogens is 300 g/mol. The summed E-state index contributed by atoms with van der Waals surface area (Å²) in [7, 11) is 1.94. The standard InChI is InChI=1S/C20H20N2O2/c1-22-14-17(16-9-5-6-10-18(16)22)19(23)13-21-20(24)12-11-15-7-3-2-4-8-15/h2-12,14,19,23H,13H2,1H3,(H,21,24)/b12-11+. The minimum Gasteiger partial charge on any atom is -0.386 e. The molecule has 1 heterocycles. The first kappa shape index (κ1) is 16.0. The van der Waals surface area contributed by atoms with Gasteiger partial charge in [-0.3, -0.25) is 4.79 Å². The average Bonchev–Trinajstić information content (AvgIpc) is 2.96. The molecule has 0 aliphatic rings. The maximum Gasteiger partial charge on any atom is 0.244 e. The fourth-order valence-electron chi connectivity index (χ4n) is 2.74. The number of nitrogens with zero attached hydrogens (tertiary/aromatic N) is 1. The first-order valence-corrected chi connectivity index (χ1v) is 7.88. The van der Waals surface area contributed by atoms with E-state index >= 15 is 0 Å². The van der Waals surface area contributed by atoms with Crippen molar-refractivity contribution in [1.29, 1.82) is 0 Å². The van der Waals surface area contributed by atoms with Gasteiger partial charge < -0.3 is 15.0 Å². The molecule has 0 aliphatic carbocycles. The van der Waals surface area contributed by atoms with Gasteiger partial charge in [0, 0.05) is 42.3 Å². The number of amides is 1. The van der Waals surface area contributed by atoms with E-state index in [1.165, 1.54) is 6.08 Å². The monoisotopic (exact) mass is 320 g/mol.